The monoisotopic (exact) mass is 245 g/mol. The Morgan fingerprint density at radius 3 is 2.44 bits per heavy atom. The van der Waals surface area contributed by atoms with Crippen molar-refractivity contribution in [1.29, 1.82) is 0 Å². The van der Waals surface area contributed by atoms with Crippen molar-refractivity contribution in [2.45, 2.75) is 26.2 Å². The van der Waals surface area contributed by atoms with Gasteiger partial charge in [-0.3, -0.25) is 4.79 Å². The van der Waals surface area contributed by atoms with E-state index >= 15 is 0 Å². The first-order valence-electron chi connectivity index (χ1n) is 5.64. The van der Waals surface area contributed by atoms with E-state index in [2.05, 4.69) is 10.3 Å². The number of aryl methyl sites for hydroxylation is 1. The summed E-state index contributed by atoms with van der Waals surface area (Å²) in [6.45, 7) is 5.27. The van der Waals surface area contributed by atoms with Gasteiger partial charge in [0, 0.05) is 0 Å². The SMILES string of the molecule is Cc1ccc(-n2nncc2C(C)(C)C(=O)O)cc1. The molecule has 0 bridgehead atoms. The first kappa shape index (κ1) is 12.3. The van der Waals surface area contributed by atoms with Gasteiger partial charge in [0.05, 0.1) is 17.6 Å². The van der Waals surface area contributed by atoms with Crippen LogP contribution in [0.15, 0.2) is 30.5 Å². The molecule has 0 saturated heterocycles. The molecule has 0 saturated carbocycles. The van der Waals surface area contributed by atoms with Gasteiger partial charge in [0.25, 0.3) is 0 Å². The molecule has 1 N–H and O–H groups in total. The third-order valence-electron chi connectivity index (χ3n) is 3.00. The normalized spacial score (nSPS) is 11.5. The van der Waals surface area contributed by atoms with E-state index in [0.29, 0.717) is 5.69 Å². The molecule has 18 heavy (non-hydrogen) atoms. The predicted molar refractivity (Wildman–Crippen MR) is 66.8 cm³/mol. The topological polar surface area (TPSA) is 68.0 Å². The summed E-state index contributed by atoms with van der Waals surface area (Å²) >= 11 is 0. The zero-order chi connectivity index (χ0) is 13.3. The Morgan fingerprint density at radius 1 is 1.28 bits per heavy atom. The second-order valence-electron chi connectivity index (χ2n) is 4.80. The summed E-state index contributed by atoms with van der Waals surface area (Å²) in [5, 5.41) is 17.0. The molecule has 1 aromatic carbocycles. The zero-order valence-electron chi connectivity index (χ0n) is 10.6. The minimum Gasteiger partial charge on any atom is -0.481 e. The van der Waals surface area contributed by atoms with Gasteiger partial charge < -0.3 is 5.11 Å². The Kier molecular flexibility index (Phi) is 2.90. The lowest BCUT2D eigenvalue weighted by molar-refractivity contribution is -0.142. The van der Waals surface area contributed by atoms with E-state index in [1.54, 1.807) is 18.5 Å². The zero-order valence-corrected chi connectivity index (χ0v) is 10.6. The highest BCUT2D eigenvalue weighted by Crippen LogP contribution is 2.24. The van der Waals surface area contributed by atoms with Gasteiger partial charge >= 0.3 is 5.97 Å². The number of carbonyl (C=O) groups is 1. The smallest absolute Gasteiger partial charge is 0.315 e. The molecule has 0 aliphatic heterocycles. The Morgan fingerprint density at radius 2 is 1.89 bits per heavy atom. The fourth-order valence-corrected chi connectivity index (χ4v) is 1.65. The maximum absolute atomic E-state index is 11.3. The quantitative estimate of drug-likeness (QED) is 0.897. The van der Waals surface area contributed by atoms with Crippen LogP contribution in [0.5, 0.6) is 0 Å². The molecule has 5 heteroatoms. The van der Waals surface area contributed by atoms with Crippen LogP contribution < -0.4 is 0 Å². The number of hydrogen-bond acceptors (Lipinski definition) is 3. The summed E-state index contributed by atoms with van der Waals surface area (Å²) in [6.07, 6.45) is 1.49. The van der Waals surface area contributed by atoms with Crippen LogP contribution in [0.25, 0.3) is 5.69 Å². The van der Waals surface area contributed by atoms with Crippen molar-refractivity contribution in [2.75, 3.05) is 0 Å². The first-order chi connectivity index (χ1) is 8.43. The van der Waals surface area contributed by atoms with Crippen molar-refractivity contribution in [1.82, 2.24) is 15.0 Å². The van der Waals surface area contributed by atoms with Gasteiger partial charge in [-0.05, 0) is 32.9 Å². The standard InChI is InChI=1S/C13H15N3O2/c1-9-4-6-10(7-5-9)16-11(8-14-15-16)13(2,3)12(17)18/h4-8H,1-3H3,(H,17,18). The molecule has 1 aromatic heterocycles. The van der Waals surface area contributed by atoms with Crippen LogP contribution in [-0.4, -0.2) is 26.1 Å². The molecule has 0 atom stereocenters. The van der Waals surface area contributed by atoms with Crippen LogP contribution in [0.3, 0.4) is 0 Å². The van der Waals surface area contributed by atoms with Gasteiger partial charge in [-0.1, -0.05) is 22.9 Å². The van der Waals surface area contributed by atoms with Crippen LogP contribution in [0, 0.1) is 6.92 Å². The van der Waals surface area contributed by atoms with Gasteiger partial charge in [-0.25, -0.2) is 4.68 Å². The largest absolute Gasteiger partial charge is 0.481 e. The minimum absolute atomic E-state index is 0.554. The second kappa shape index (κ2) is 4.25. The molecule has 94 valence electrons. The van der Waals surface area contributed by atoms with E-state index in [9.17, 15) is 9.90 Å². The molecule has 0 aliphatic rings. The van der Waals surface area contributed by atoms with Gasteiger partial charge in [0.15, 0.2) is 0 Å². The molecular weight excluding hydrogens is 230 g/mol. The number of nitrogens with zero attached hydrogens (tertiary/aromatic N) is 3. The number of benzene rings is 1. The number of carboxylic acid groups (broad SMARTS) is 1. The third kappa shape index (κ3) is 1.99. The van der Waals surface area contributed by atoms with Gasteiger partial charge in [-0.15, -0.1) is 5.10 Å². The lowest BCUT2D eigenvalue weighted by Gasteiger charge is -2.19. The summed E-state index contributed by atoms with van der Waals surface area (Å²) in [6, 6.07) is 7.69. The van der Waals surface area contributed by atoms with Crippen molar-refractivity contribution >= 4 is 5.97 Å². The third-order valence-corrected chi connectivity index (χ3v) is 3.00. The van der Waals surface area contributed by atoms with E-state index in [-0.39, 0.29) is 0 Å². The van der Waals surface area contributed by atoms with E-state index in [0.717, 1.165) is 11.3 Å². The summed E-state index contributed by atoms with van der Waals surface area (Å²) in [4.78, 5) is 11.3. The summed E-state index contributed by atoms with van der Waals surface area (Å²) < 4.78 is 1.56. The highest BCUT2D eigenvalue weighted by Gasteiger charge is 2.33. The fraction of sp³-hybridized carbons (Fsp3) is 0.308. The van der Waals surface area contributed by atoms with E-state index in [1.807, 2.05) is 31.2 Å². The van der Waals surface area contributed by atoms with Crippen LogP contribution in [0.1, 0.15) is 25.1 Å². The molecule has 1 heterocycles. The highest BCUT2D eigenvalue weighted by molar-refractivity contribution is 5.79. The number of aromatic nitrogens is 3. The van der Waals surface area contributed by atoms with Crippen molar-refractivity contribution in [3.63, 3.8) is 0 Å². The average molecular weight is 245 g/mol. The summed E-state index contributed by atoms with van der Waals surface area (Å²) in [5.74, 6) is -0.904. The molecular formula is C13H15N3O2. The van der Waals surface area contributed by atoms with Gasteiger partial charge in [0.1, 0.15) is 5.41 Å². The van der Waals surface area contributed by atoms with E-state index in [4.69, 9.17) is 0 Å². The number of aliphatic carboxylic acids is 1. The predicted octanol–water partition coefficient (Wildman–Crippen LogP) is 1.94. The minimum atomic E-state index is -1.03. The number of rotatable bonds is 3. The molecule has 0 aliphatic carbocycles. The van der Waals surface area contributed by atoms with E-state index < -0.39 is 11.4 Å². The molecule has 2 rings (SSSR count). The van der Waals surface area contributed by atoms with Crippen LogP contribution in [-0.2, 0) is 10.2 Å². The number of hydrogen-bond donors (Lipinski definition) is 1. The Hall–Kier alpha value is -2.17. The lowest BCUT2D eigenvalue weighted by atomic mass is 9.90. The molecule has 0 spiro atoms. The Balaban J connectivity index is 2.52. The van der Waals surface area contributed by atoms with Crippen molar-refractivity contribution in [2.24, 2.45) is 0 Å². The van der Waals surface area contributed by atoms with Gasteiger partial charge in [-0.2, -0.15) is 0 Å². The van der Waals surface area contributed by atoms with Crippen LogP contribution in [0.4, 0.5) is 0 Å². The number of carboxylic acids is 1. The molecule has 5 nitrogen and oxygen atoms in total. The highest BCUT2D eigenvalue weighted by atomic mass is 16.4. The van der Waals surface area contributed by atoms with Crippen molar-refractivity contribution in [3.05, 3.63) is 41.7 Å². The molecule has 0 unspecified atom stereocenters. The van der Waals surface area contributed by atoms with Crippen molar-refractivity contribution < 1.29 is 9.90 Å². The van der Waals surface area contributed by atoms with Gasteiger partial charge in [0.2, 0.25) is 0 Å². The Labute approximate surface area is 105 Å². The second-order valence-corrected chi connectivity index (χ2v) is 4.80. The molecule has 0 fully saturated rings. The molecule has 2 aromatic rings. The summed E-state index contributed by atoms with van der Waals surface area (Å²) in [5.41, 5.74) is 1.47. The van der Waals surface area contributed by atoms with Crippen LogP contribution in [0.2, 0.25) is 0 Å². The van der Waals surface area contributed by atoms with E-state index in [1.165, 1.54) is 6.20 Å². The molecule has 0 radical (unpaired) electrons. The maximum Gasteiger partial charge on any atom is 0.315 e. The first-order valence-corrected chi connectivity index (χ1v) is 5.64. The summed E-state index contributed by atoms with van der Waals surface area (Å²) in [7, 11) is 0. The fourth-order valence-electron chi connectivity index (χ4n) is 1.65. The van der Waals surface area contributed by atoms with Crippen LogP contribution >= 0.6 is 0 Å². The maximum atomic E-state index is 11.3. The molecule has 0 amide bonds. The average Bonchev–Trinajstić information content (AvgIpc) is 2.79. The Bertz CT molecular complexity index is 570. The van der Waals surface area contributed by atoms with Crippen molar-refractivity contribution in [3.8, 4) is 5.69 Å². The lowest BCUT2D eigenvalue weighted by Crippen LogP contribution is -2.31.